The summed E-state index contributed by atoms with van der Waals surface area (Å²) >= 11 is 0. The summed E-state index contributed by atoms with van der Waals surface area (Å²) in [6.07, 6.45) is -0.196. The van der Waals surface area contributed by atoms with Gasteiger partial charge in [0.1, 0.15) is 18.5 Å². The van der Waals surface area contributed by atoms with Crippen molar-refractivity contribution in [3.05, 3.63) is 53.9 Å². The fourth-order valence-electron chi connectivity index (χ4n) is 3.87. The second-order valence-corrected chi connectivity index (χ2v) is 10.5. The van der Waals surface area contributed by atoms with Gasteiger partial charge in [-0.2, -0.15) is 0 Å². The van der Waals surface area contributed by atoms with Gasteiger partial charge in [-0.05, 0) is 18.9 Å². The molecule has 0 spiro atoms. The second kappa shape index (κ2) is 17.6. The molecule has 4 atom stereocenters. The summed E-state index contributed by atoms with van der Waals surface area (Å²) in [5, 5.41) is 12.3. The summed E-state index contributed by atoms with van der Waals surface area (Å²) in [5.41, 5.74) is 0.480. The molecular formula is C31H40N2O11. The third-order valence-corrected chi connectivity index (χ3v) is 6.35. The molecule has 0 saturated carbocycles. The Bertz CT molecular complexity index is 1270. The molecule has 44 heavy (non-hydrogen) atoms. The molecule has 0 aliphatic carbocycles. The van der Waals surface area contributed by atoms with Crippen molar-refractivity contribution >= 4 is 30.1 Å². The lowest BCUT2D eigenvalue weighted by molar-refractivity contribution is -0.175. The molecule has 0 saturated heterocycles. The zero-order chi connectivity index (χ0) is 32.8. The fraction of sp³-hybridized carbons (Fsp3) is 0.484. The number of pyridine rings is 1. The number of aliphatic hydroxyl groups excluding tert-OH is 1. The third kappa shape index (κ3) is 10.3. The Morgan fingerprint density at radius 2 is 1.59 bits per heavy atom. The van der Waals surface area contributed by atoms with Gasteiger partial charge in [0, 0.05) is 12.3 Å². The van der Waals surface area contributed by atoms with Crippen molar-refractivity contribution in [1.82, 2.24) is 10.3 Å². The highest BCUT2D eigenvalue weighted by molar-refractivity contribution is 5.98. The Balaban J connectivity index is 2.22. The SMILES string of the molecule is COc1ccnc(C(=O)NC(CO)C(=O)OC(C)C(OC(=O)C(C)C)C(C=O)Cc2ccccc2)c1OCOC(=O)C(C)C. The second-order valence-electron chi connectivity index (χ2n) is 10.5. The number of aldehydes is 1. The molecule has 1 amide bonds. The first kappa shape index (κ1) is 35.7. The van der Waals surface area contributed by atoms with Gasteiger partial charge in [0.2, 0.25) is 6.79 Å². The normalized spacial score (nSPS) is 13.7. The van der Waals surface area contributed by atoms with Gasteiger partial charge in [-0.3, -0.25) is 14.4 Å². The largest absolute Gasteiger partial charge is 0.493 e. The molecule has 0 bridgehead atoms. The number of benzene rings is 1. The number of aromatic nitrogens is 1. The van der Waals surface area contributed by atoms with E-state index in [2.05, 4.69) is 10.3 Å². The maximum absolute atomic E-state index is 13.2. The van der Waals surface area contributed by atoms with Crippen LogP contribution < -0.4 is 14.8 Å². The van der Waals surface area contributed by atoms with Gasteiger partial charge in [0.05, 0.1) is 31.5 Å². The molecule has 1 aromatic carbocycles. The van der Waals surface area contributed by atoms with Crippen molar-refractivity contribution in [2.75, 3.05) is 20.5 Å². The van der Waals surface area contributed by atoms with E-state index in [1.807, 2.05) is 18.2 Å². The highest BCUT2D eigenvalue weighted by Gasteiger charge is 2.36. The number of carbonyl (C=O) groups excluding carboxylic acids is 5. The molecule has 13 heteroatoms. The summed E-state index contributed by atoms with van der Waals surface area (Å²) in [5.74, 6) is -4.99. The zero-order valence-corrected chi connectivity index (χ0v) is 25.7. The van der Waals surface area contributed by atoms with Gasteiger partial charge in [-0.15, -0.1) is 0 Å². The predicted molar refractivity (Wildman–Crippen MR) is 156 cm³/mol. The lowest BCUT2D eigenvalue weighted by Crippen LogP contribution is -2.48. The Hall–Kier alpha value is -4.52. The maximum Gasteiger partial charge on any atom is 0.331 e. The molecule has 2 rings (SSSR count). The quantitative estimate of drug-likeness (QED) is 0.115. The topological polar surface area (TPSA) is 177 Å². The minimum absolute atomic E-state index is 0.0932. The summed E-state index contributed by atoms with van der Waals surface area (Å²) < 4.78 is 26.8. The summed E-state index contributed by atoms with van der Waals surface area (Å²) in [6.45, 7) is 6.57. The van der Waals surface area contributed by atoms with Crippen molar-refractivity contribution in [1.29, 1.82) is 0 Å². The number of nitrogens with zero attached hydrogens (tertiary/aromatic N) is 1. The molecule has 2 N–H and O–H groups in total. The van der Waals surface area contributed by atoms with E-state index in [1.165, 1.54) is 26.3 Å². The van der Waals surface area contributed by atoms with Gasteiger partial charge in [0.15, 0.2) is 23.2 Å². The van der Waals surface area contributed by atoms with Crippen LogP contribution in [0.3, 0.4) is 0 Å². The summed E-state index contributed by atoms with van der Waals surface area (Å²) in [6, 6.07) is 8.88. The molecular weight excluding hydrogens is 576 g/mol. The molecule has 13 nitrogen and oxygen atoms in total. The third-order valence-electron chi connectivity index (χ3n) is 6.35. The highest BCUT2D eigenvalue weighted by atomic mass is 16.7. The average Bonchev–Trinajstić information content (AvgIpc) is 3.01. The van der Waals surface area contributed by atoms with E-state index in [9.17, 15) is 29.1 Å². The molecule has 0 aliphatic heterocycles. The lowest BCUT2D eigenvalue weighted by Gasteiger charge is -2.30. The minimum Gasteiger partial charge on any atom is -0.493 e. The monoisotopic (exact) mass is 616 g/mol. The minimum atomic E-state index is -1.57. The molecule has 1 aromatic heterocycles. The van der Waals surface area contributed by atoms with Crippen molar-refractivity contribution < 1.29 is 52.8 Å². The van der Waals surface area contributed by atoms with E-state index < -0.39 is 73.2 Å². The predicted octanol–water partition coefficient (Wildman–Crippen LogP) is 2.27. The Morgan fingerprint density at radius 3 is 2.16 bits per heavy atom. The van der Waals surface area contributed by atoms with Crippen LogP contribution in [0.2, 0.25) is 0 Å². The van der Waals surface area contributed by atoms with E-state index >= 15 is 0 Å². The first-order valence-corrected chi connectivity index (χ1v) is 14.1. The van der Waals surface area contributed by atoms with Crippen molar-refractivity contribution in [3.63, 3.8) is 0 Å². The van der Waals surface area contributed by atoms with Crippen LogP contribution in [0.15, 0.2) is 42.6 Å². The number of hydrogen-bond acceptors (Lipinski definition) is 12. The Morgan fingerprint density at radius 1 is 0.932 bits per heavy atom. The van der Waals surface area contributed by atoms with E-state index in [-0.39, 0.29) is 23.6 Å². The number of hydrogen-bond donors (Lipinski definition) is 2. The number of rotatable bonds is 17. The van der Waals surface area contributed by atoms with Crippen molar-refractivity contribution in [2.24, 2.45) is 17.8 Å². The number of ether oxygens (including phenoxy) is 5. The maximum atomic E-state index is 13.2. The molecule has 0 radical (unpaired) electrons. The fourth-order valence-corrected chi connectivity index (χ4v) is 3.87. The van der Waals surface area contributed by atoms with Crippen LogP contribution >= 0.6 is 0 Å². The standard InChI is InChI=1S/C31H40N2O11/c1-18(2)29(37)42-17-41-27-24(40-6)12-13-32-25(27)28(36)33-23(16-35)31(39)43-20(5)26(44-30(38)19(3)4)22(15-34)14-21-10-8-7-9-11-21/h7-13,15,18-20,22-23,26,35H,14,16-17H2,1-6H3,(H,33,36). The number of methoxy groups -OCH3 is 1. The van der Waals surface area contributed by atoms with Gasteiger partial charge in [-0.25, -0.2) is 9.78 Å². The van der Waals surface area contributed by atoms with Crippen LogP contribution in [0.25, 0.3) is 0 Å². The molecule has 240 valence electrons. The van der Waals surface area contributed by atoms with E-state index in [0.717, 1.165) is 5.56 Å². The highest BCUT2D eigenvalue weighted by Crippen LogP contribution is 2.30. The van der Waals surface area contributed by atoms with E-state index in [0.29, 0.717) is 6.29 Å². The summed E-state index contributed by atoms with van der Waals surface area (Å²) in [4.78, 5) is 66.7. The number of amides is 1. The average molecular weight is 617 g/mol. The van der Waals surface area contributed by atoms with E-state index in [1.54, 1.807) is 39.8 Å². The van der Waals surface area contributed by atoms with E-state index in [4.69, 9.17) is 23.7 Å². The first-order valence-electron chi connectivity index (χ1n) is 14.1. The zero-order valence-electron chi connectivity index (χ0n) is 25.7. The number of carbonyl (C=O) groups is 5. The van der Waals surface area contributed by atoms with Gasteiger partial charge in [-0.1, -0.05) is 58.0 Å². The lowest BCUT2D eigenvalue weighted by atomic mass is 9.92. The smallest absolute Gasteiger partial charge is 0.331 e. The van der Waals surface area contributed by atoms with Crippen LogP contribution in [0, 0.1) is 17.8 Å². The van der Waals surface area contributed by atoms with Crippen LogP contribution in [-0.4, -0.2) is 79.0 Å². The Labute approximate surface area is 256 Å². The molecule has 1 heterocycles. The van der Waals surface area contributed by atoms with Crippen LogP contribution in [0.4, 0.5) is 0 Å². The molecule has 0 fully saturated rings. The van der Waals surface area contributed by atoms with Crippen LogP contribution in [-0.2, 0) is 39.8 Å². The number of aliphatic hydroxyl groups is 1. The van der Waals surface area contributed by atoms with Crippen LogP contribution in [0.1, 0.15) is 50.7 Å². The van der Waals surface area contributed by atoms with Gasteiger partial charge in [0.25, 0.3) is 5.91 Å². The van der Waals surface area contributed by atoms with Crippen molar-refractivity contribution in [3.8, 4) is 11.5 Å². The van der Waals surface area contributed by atoms with Gasteiger partial charge < -0.3 is 38.9 Å². The molecule has 4 unspecified atom stereocenters. The molecule has 0 aliphatic rings. The first-order chi connectivity index (χ1) is 20.9. The number of esters is 3. The van der Waals surface area contributed by atoms with Crippen LogP contribution in [0.5, 0.6) is 11.5 Å². The summed E-state index contributed by atoms with van der Waals surface area (Å²) in [7, 11) is 1.33. The number of nitrogens with one attached hydrogen (secondary N) is 1. The Kier molecular flexibility index (Phi) is 14.2. The molecule has 2 aromatic rings. The van der Waals surface area contributed by atoms with Crippen molar-refractivity contribution in [2.45, 2.75) is 59.3 Å². The van der Waals surface area contributed by atoms with Gasteiger partial charge >= 0.3 is 17.9 Å².